The molecule has 0 aliphatic carbocycles. The van der Waals surface area contributed by atoms with Crippen molar-refractivity contribution in [3.05, 3.63) is 48.3 Å². The Morgan fingerprint density at radius 3 is 2.54 bits per heavy atom. The highest BCUT2D eigenvalue weighted by Crippen LogP contribution is 2.32. The van der Waals surface area contributed by atoms with Gasteiger partial charge in [-0.05, 0) is 49.2 Å². The van der Waals surface area contributed by atoms with Gasteiger partial charge in [-0.2, -0.15) is 0 Å². The number of nitrogens with zero attached hydrogens (tertiary/aromatic N) is 2. The van der Waals surface area contributed by atoms with Crippen LogP contribution in [0.15, 0.2) is 47.5 Å². The average molecular weight is 348 g/mol. The third-order valence-electron chi connectivity index (χ3n) is 4.27. The lowest BCUT2D eigenvalue weighted by molar-refractivity contribution is 0.205. The topological polar surface area (TPSA) is 97.4 Å². The Morgan fingerprint density at radius 2 is 1.96 bits per heavy atom. The largest absolute Gasteiger partial charge is 0.353 e. The van der Waals surface area contributed by atoms with Crippen LogP contribution >= 0.6 is 0 Å². The molecule has 1 aromatic carbocycles. The van der Waals surface area contributed by atoms with Crippen molar-refractivity contribution in [3.8, 4) is 0 Å². The molecule has 24 heavy (non-hydrogen) atoms. The van der Waals surface area contributed by atoms with Crippen molar-refractivity contribution in [3.63, 3.8) is 0 Å². The van der Waals surface area contributed by atoms with E-state index in [1.165, 1.54) is 24.3 Å². The van der Waals surface area contributed by atoms with Gasteiger partial charge in [0.2, 0.25) is 10.0 Å². The summed E-state index contributed by atoms with van der Waals surface area (Å²) in [6.45, 7) is 0.691. The Kier molecular flexibility index (Phi) is 4.33. The van der Waals surface area contributed by atoms with Crippen LogP contribution in [-0.2, 0) is 17.1 Å². The monoisotopic (exact) mass is 348 g/mol. The van der Waals surface area contributed by atoms with Crippen molar-refractivity contribution < 1.29 is 13.2 Å². The Balaban J connectivity index is 1.73. The lowest BCUT2D eigenvalue weighted by Crippen LogP contribution is -2.35. The quantitative estimate of drug-likeness (QED) is 0.888. The van der Waals surface area contributed by atoms with Crippen molar-refractivity contribution in [2.75, 3.05) is 11.9 Å². The van der Waals surface area contributed by atoms with E-state index in [0.717, 1.165) is 18.5 Å². The minimum atomic E-state index is -3.73. The second-order valence-electron chi connectivity index (χ2n) is 5.89. The van der Waals surface area contributed by atoms with Gasteiger partial charge in [-0.1, -0.05) is 0 Å². The molecule has 2 heterocycles. The molecule has 0 spiro atoms. The zero-order valence-corrected chi connectivity index (χ0v) is 14.2. The van der Waals surface area contributed by atoms with Crippen molar-refractivity contribution in [1.82, 2.24) is 9.47 Å². The molecule has 1 aliphatic rings. The lowest BCUT2D eigenvalue weighted by atomic mass is 10.1. The van der Waals surface area contributed by atoms with Crippen LogP contribution in [0.2, 0.25) is 0 Å². The van der Waals surface area contributed by atoms with Crippen LogP contribution in [0.5, 0.6) is 0 Å². The summed E-state index contributed by atoms with van der Waals surface area (Å²) < 4.78 is 24.5. The number of nitrogens with one attached hydrogen (secondary N) is 1. The van der Waals surface area contributed by atoms with Gasteiger partial charge >= 0.3 is 6.03 Å². The maximum atomic E-state index is 12.6. The fourth-order valence-corrected chi connectivity index (χ4v) is 3.58. The third-order valence-corrected chi connectivity index (χ3v) is 5.20. The highest BCUT2D eigenvalue weighted by Gasteiger charge is 2.31. The molecular weight excluding hydrogens is 328 g/mol. The van der Waals surface area contributed by atoms with Crippen LogP contribution in [0.3, 0.4) is 0 Å². The number of benzene rings is 1. The zero-order chi connectivity index (χ0) is 17.3. The van der Waals surface area contributed by atoms with E-state index in [-0.39, 0.29) is 17.0 Å². The molecule has 1 aromatic heterocycles. The number of aromatic nitrogens is 1. The fourth-order valence-electron chi connectivity index (χ4n) is 3.06. The van der Waals surface area contributed by atoms with Gasteiger partial charge in [-0.3, -0.25) is 0 Å². The van der Waals surface area contributed by atoms with Crippen LogP contribution in [-0.4, -0.2) is 30.5 Å². The number of sulfonamides is 1. The van der Waals surface area contributed by atoms with Crippen LogP contribution in [0.1, 0.15) is 24.6 Å². The van der Waals surface area contributed by atoms with Gasteiger partial charge in [-0.25, -0.2) is 18.4 Å². The summed E-state index contributed by atoms with van der Waals surface area (Å²) in [4.78, 5) is 14.4. The first kappa shape index (κ1) is 16.5. The Hall–Kier alpha value is -2.32. The number of aryl methyl sites for hydroxylation is 1. The van der Waals surface area contributed by atoms with Gasteiger partial charge in [0.1, 0.15) is 0 Å². The summed E-state index contributed by atoms with van der Waals surface area (Å²) in [6, 6.07) is 9.67. The van der Waals surface area contributed by atoms with E-state index in [9.17, 15) is 13.2 Å². The van der Waals surface area contributed by atoms with Gasteiger partial charge < -0.3 is 14.8 Å². The SMILES string of the molecule is Cn1cccc1[C@@H]1CCCN1C(=O)Nc1ccc(S(N)(=O)=O)cc1. The normalized spacial score (nSPS) is 17.9. The van der Waals surface area contributed by atoms with E-state index in [1.54, 1.807) is 0 Å². The summed E-state index contributed by atoms with van der Waals surface area (Å²) in [7, 11) is -1.76. The standard InChI is InChI=1S/C16H20N4O3S/c1-19-10-2-4-14(19)15-5-3-11-20(15)16(21)18-12-6-8-13(9-7-12)24(17,22)23/h2,4,6-10,15H,3,5,11H2,1H3,(H,18,21)(H2,17,22,23)/t15-/m0/s1. The van der Waals surface area contributed by atoms with Crippen LogP contribution in [0.4, 0.5) is 10.5 Å². The molecule has 3 rings (SSSR count). The average Bonchev–Trinajstić information content (AvgIpc) is 3.15. The van der Waals surface area contributed by atoms with E-state index in [2.05, 4.69) is 5.32 Å². The van der Waals surface area contributed by atoms with Crippen molar-refractivity contribution in [2.24, 2.45) is 12.2 Å². The zero-order valence-electron chi connectivity index (χ0n) is 13.3. The number of nitrogens with two attached hydrogens (primary N) is 1. The molecule has 8 heteroatoms. The van der Waals surface area contributed by atoms with E-state index in [0.29, 0.717) is 12.2 Å². The first-order valence-electron chi connectivity index (χ1n) is 7.68. The summed E-state index contributed by atoms with van der Waals surface area (Å²) in [5.41, 5.74) is 1.64. The molecule has 2 amide bonds. The third kappa shape index (κ3) is 3.29. The molecule has 0 bridgehead atoms. The number of rotatable bonds is 3. The molecule has 128 valence electrons. The van der Waals surface area contributed by atoms with Gasteiger partial charge in [0, 0.05) is 31.2 Å². The molecule has 0 saturated carbocycles. The van der Waals surface area contributed by atoms with Gasteiger partial charge in [-0.15, -0.1) is 0 Å². The molecule has 3 N–H and O–H groups in total. The molecule has 0 unspecified atom stereocenters. The Labute approximate surface area is 141 Å². The van der Waals surface area contributed by atoms with E-state index in [1.807, 2.05) is 34.8 Å². The molecule has 2 aromatic rings. The first-order chi connectivity index (χ1) is 11.4. The van der Waals surface area contributed by atoms with Crippen LogP contribution in [0, 0.1) is 0 Å². The number of urea groups is 1. The summed E-state index contributed by atoms with van der Waals surface area (Å²) >= 11 is 0. The van der Waals surface area contributed by atoms with Gasteiger partial charge in [0.25, 0.3) is 0 Å². The smallest absolute Gasteiger partial charge is 0.322 e. The Bertz CT molecular complexity index is 842. The number of primary sulfonamides is 1. The fraction of sp³-hybridized carbons (Fsp3) is 0.312. The molecule has 1 saturated heterocycles. The van der Waals surface area contributed by atoms with Crippen LogP contribution < -0.4 is 10.5 Å². The first-order valence-corrected chi connectivity index (χ1v) is 9.22. The summed E-state index contributed by atoms with van der Waals surface area (Å²) in [5, 5.41) is 7.88. The highest BCUT2D eigenvalue weighted by atomic mass is 32.2. The molecule has 1 atom stereocenters. The van der Waals surface area contributed by atoms with Crippen molar-refractivity contribution in [1.29, 1.82) is 0 Å². The number of hydrogen-bond acceptors (Lipinski definition) is 3. The number of likely N-dealkylation sites (tertiary alicyclic amines) is 1. The number of anilines is 1. The molecule has 1 aliphatic heterocycles. The highest BCUT2D eigenvalue weighted by molar-refractivity contribution is 7.89. The number of amides is 2. The summed E-state index contributed by atoms with van der Waals surface area (Å²) in [6.07, 6.45) is 3.85. The van der Waals surface area contributed by atoms with Crippen molar-refractivity contribution >= 4 is 21.7 Å². The number of carbonyl (C=O) groups excluding carboxylic acids is 1. The molecule has 0 radical (unpaired) electrons. The minimum absolute atomic E-state index is 0.0170. The second kappa shape index (κ2) is 6.29. The van der Waals surface area contributed by atoms with E-state index < -0.39 is 10.0 Å². The van der Waals surface area contributed by atoms with Gasteiger partial charge in [0.15, 0.2) is 0 Å². The van der Waals surface area contributed by atoms with Gasteiger partial charge in [0.05, 0.1) is 10.9 Å². The minimum Gasteiger partial charge on any atom is -0.353 e. The maximum Gasteiger partial charge on any atom is 0.322 e. The summed E-state index contributed by atoms with van der Waals surface area (Å²) in [5.74, 6) is 0. The number of hydrogen-bond donors (Lipinski definition) is 2. The Morgan fingerprint density at radius 1 is 1.25 bits per heavy atom. The molecular formula is C16H20N4O3S. The molecule has 1 fully saturated rings. The van der Waals surface area contributed by atoms with E-state index in [4.69, 9.17) is 5.14 Å². The van der Waals surface area contributed by atoms with Crippen LogP contribution in [0.25, 0.3) is 0 Å². The van der Waals surface area contributed by atoms with E-state index >= 15 is 0 Å². The predicted octanol–water partition coefficient (Wildman–Crippen LogP) is 2.04. The second-order valence-corrected chi connectivity index (χ2v) is 7.46. The predicted molar refractivity (Wildman–Crippen MR) is 90.9 cm³/mol. The maximum absolute atomic E-state index is 12.6. The van der Waals surface area contributed by atoms with Crippen molar-refractivity contribution in [2.45, 2.75) is 23.8 Å². The lowest BCUT2D eigenvalue weighted by Gasteiger charge is -2.25. The molecule has 7 nitrogen and oxygen atoms in total. The number of carbonyl (C=O) groups is 1.